The molecule has 1 fully saturated rings. The summed E-state index contributed by atoms with van der Waals surface area (Å²) in [5, 5.41) is 3.25. The van der Waals surface area contributed by atoms with Crippen LogP contribution in [0.2, 0.25) is 0 Å². The van der Waals surface area contributed by atoms with Crippen molar-refractivity contribution in [3.8, 4) is 0 Å². The van der Waals surface area contributed by atoms with Crippen LogP contribution in [0.1, 0.15) is 24.2 Å². The van der Waals surface area contributed by atoms with Gasteiger partial charge < -0.3 is 19.8 Å². The summed E-state index contributed by atoms with van der Waals surface area (Å²) in [5.41, 5.74) is 0.407. The average Bonchev–Trinajstić information content (AvgIpc) is 2.55. The highest BCUT2D eigenvalue weighted by Crippen LogP contribution is 2.15. The van der Waals surface area contributed by atoms with Gasteiger partial charge in [0.2, 0.25) is 0 Å². The Bertz CT molecular complexity index is 874. The van der Waals surface area contributed by atoms with Crippen LogP contribution in [0.4, 0.5) is 0 Å². The van der Waals surface area contributed by atoms with Gasteiger partial charge in [-0.2, -0.15) is 0 Å². The van der Waals surface area contributed by atoms with Crippen molar-refractivity contribution in [2.45, 2.75) is 26.4 Å². The summed E-state index contributed by atoms with van der Waals surface area (Å²) < 4.78 is 1.41. The Morgan fingerprint density at radius 1 is 1.33 bits per heavy atom. The van der Waals surface area contributed by atoms with Gasteiger partial charge >= 0.3 is 11.1 Å². The van der Waals surface area contributed by atoms with Crippen molar-refractivity contribution in [2.75, 3.05) is 19.6 Å². The summed E-state index contributed by atoms with van der Waals surface area (Å²) in [6, 6.07) is 5.20. The number of amides is 1. The molecule has 1 aromatic carbocycles. The van der Waals surface area contributed by atoms with E-state index in [0.717, 1.165) is 13.1 Å². The van der Waals surface area contributed by atoms with E-state index in [2.05, 4.69) is 10.3 Å². The molecule has 8 heteroatoms. The number of carbonyl (C=O) groups excluding carboxylic acids is 1. The number of halogens is 1. The number of nitrogens with one attached hydrogen (secondary N) is 2. The number of hydrogen-bond donors (Lipinski definition) is 2. The zero-order chi connectivity index (χ0) is 16.6. The molecular weight excluding hydrogens is 332 g/mol. The second-order valence-corrected chi connectivity index (χ2v) is 5.79. The lowest BCUT2D eigenvalue weighted by Gasteiger charge is -2.34. The lowest BCUT2D eigenvalue weighted by molar-refractivity contribution is 0.0656. The first-order valence-electron chi connectivity index (χ1n) is 7.81. The molecule has 1 aliphatic rings. The Labute approximate surface area is 145 Å². The molecule has 1 atom stereocenters. The third kappa shape index (κ3) is 3.09. The number of fused-ring (bicyclic) bond motifs is 1. The zero-order valence-electron chi connectivity index (χ0n) is 13.7. The average molecular weight is 353 g/mol. The molecule has 0 saturated carbocycles. The van der Waals surface area contributed by atoms with E-state index in [9.17, 15) is 14.4 Å². The minimum absolute atomic E-state index is 0. The van der Waals surface area contributed by atoms with E-state index < -0.39 is 11.1 Å². The smallest absolute Gasteiger partial charge is 0.316 e. The molecule has 130 valence electrons. The van der Waals surface area contributed by atoms with Crippen molar-refractivity contribution in [2.24, 2.45) is 0 Å². The van der Waals surface area contributed by atoms with Crippen LogP contribution < -0.4 is 16.4 Å². The Morgan fingerprint density at radius 3 is 2.75 bits per heavy atom. The Kier molecular flexibility index (Phi) is 5.46. The minimum Gasteiger partial charge on any atom is -0.333 e. The monoisotopic (exact) mass is 352 g/mol. The van der Waals surface area contributed by atoms with Crippen LogP contribution in [0.3, 0.4) is 0 Å². The summed E-state index contributed by atoms with van der Waals surface area (Å²) in [6.45, 7) is 6.41. The largest absolute Gasteiger partial charge is 0.333 e. The molecule has 1 aliphatic heterocycles. The highest BCUT2D eigenvalue weighted by atomic mass is 35.5. The molecule has 0 unspecified atom stereocenters. The van der Waals surface area contributed by atoms with Gasteiger partial charge in [-0.15, -0.1) is 12.4 Å². The molecule has 24 heavy (non-hydrogen) atoms. The van der Waals surface area contributed by atoms with Crippen LogP contribution in [-0.2, 0) is 6.54 Å². The number of aromatic nitrogens is 2. The fourth-order valence-electron chi connectivity index (χ4n) is 3.03. The maximum atomic E-state index is 12.7. The molecule has 2 N–H and O–H groups in total. The van der Waals surface area contributed by atoms with Gasteiger partial charge in [0.05, 0.1) is 11.0 Å². The Hall–Kier alpha value is -2.12. The summed E-state index contributed by atoms with van der Waals surface area (Å²) >= 11 is 0. The first-order chi connectivity index (χ1) is 11.0. The molecule has 7 nitrogen and oxygen atoms in total. The first kappa shape index (κ1) is 18.2. The van der Waals surface area contributed by atoms with Gasteiger partial charge in [0.25, 0.3) is 5.91 Å². The summed E-state index contributed by atoms with van der Waals surface area (Å²) in [5.74, 6) is -0.0593. The maximum absolute atomic E-state index is 12.7. The van der Waals surface area contributed by atoms with E-state index in [-0.39, 0.29) is 24.4 Å². The van der Waals surface area contributed by atoms with Crippen molar-refractivity contribution in [3.63, 3.8) is 0 Å². The van der Waals surface area contributed by atoms with Gasteiger partial charge in [0.15, 0.2) is 0 Å². The first-order valence-corrected chi connectivity index (χ1v) is 7.81. The van der Waals surface area contributed by atoms with Gasteiger partial charge in [-0.3, -0.25) is 14.4 Å². The van der Waals surface area contributed by atoms with E-state index in [1.807, 2.05) is 18.7 Å². The number of rotatable bonds is 2. The molecular formula is C16H21ClN4O3. The zero-order valence-corrected chi connectivity index (χ0v) is 14.5. The number of hydrogen-bond acceptors (Lipinski definition) is 4. The van der Waals surface area contributed by atoms with Gasteiger partial charge in [-0.1, -0.05) is 0 Å². The van der Waals surface area contributed by atoms with Crippen LogP contribution in [0.15, 0.2) is 27.8 Å². The number of benzene rings is 1. The van der Waals surface area contributed by atoms with E-state index in [4.69, 9.17) is 0 Å². The number of piperazine rings is 1. The lowest BCUT2D eigenvalue weighted by Crippen LogP contribution is -2.52. The van der Waals surface area contributed by atoms with Crippen LogP contribution in [0, 0.1) is 0 Å². The van der Waals surface area contributed by atoms with Crippen LogP contribution in [0.25, 0.3) is 11.0 Å². The SMILES string of the molecule is CCn1c(=O)c(=O)[nH]c2cc(C(=O)N3CCNC[C@@H]3C)ccc21.Cl. The fraction of sp³-hybridized carbons (Fsp3) is 0.438. The van der Waals surface area contributed by atoms with Gasteiger partial charge in [-0.25, -0.2) is 0 Å². The van der Waals surface area contributed by atoms with Crippen molar-refractivity contribution < 1.29 is 4.79 Å². The number of aromatic amines is 1. The number of aryl methyl sites for hydroxylation is 1. The molecule has 0 bridgehead atoms. The molecule has 0 aliphatic carbocycles. The Balaban J connectivity index is 0.00000208. The lowest BCUT2D eigenvalue weighted by atomic mass is 10.1. The molecule has 2 aromatic rings. The standard InChI is InChI=1S/C16H20N4O3.ClH/c1-3-19-13-5-4-11(8-12(13)18-14(21)16(19)23)15(22)20-7-6-17-9-10(20)2;/h4-5,8,10,17H,3,6-7,9H2,1-2H3,(H,18,21);1H/t10-;/m0./s1. The molecule has 1 aromatic heterocycles. The van der Waals surface area contributed by atoms with Crippen LogP contribution in [-0.4, -0.2) is 46.0 Å². The second-order valence-electron chi connectivity index (χ2n) is 5.79. The molecule has 3 rings (SSSR count). The third-order valence-corrected chi connectivity index (χ3v) is 4.30. The highest BCUT2D eigenvalue weighted by Gasteiger charge is 2.24. The number of nitrogens with zero attached hydrogens (tertiary/aromatic N) is 2. The topological polar surface area (TPSA) is 87.2 Å². The Morgan fingerprint density at radius 2 is 2.08 bits per heavy atom. The van der Waals surface area contributed by atoms with E-state index in [0.29, 0.717) is 29.7 Å². The van der Waals surface area contributed by atoms with E-state index >= 15 is 0 Å². The predicted octanol–water partition coefficient (Wildman–Crippen LogP) is 0.565. The number of H-pyrrole nitrogens is 1. The van der Waals surface area contributed by atoms with Crippen LogP contribution in [0.5, 0.6) is 0 Å². The van der Waals surface area contributed by atoms with Crippen molar-refractivity contribution in [3.05, 3.63) is 44.5 Å². The van der Waals surface area contributed by atoms with Crippen molar-refractivity contribution in [1.82, 2.24) is 19.8 Å². The van der Waals surface area contributed by atoms with E-state index in [1.54, 1.807) is 18.2 Å². The highest BCUT2D eigenvalue weighted by molar-refractivity contribution is 5.97. The normalized spacial score (nSPS) is 17.6. The van der Waals surface area contributed by atoms with Crippen LogP contribution >= 0.6 is 12.4 Å². The molecule has 1 saturated heterocycles. The summed E-state index contributed by atoms with van der Waals surface area (Å²) in [4.78, 5) is 40.7. The summed E-state index contributed by atoms with van der Waals surface area (Å²) in [6.07, 6.45) is 0. The second kappa shape index (κ2) is 7.19. The van der Waals surface area contributed by atoms with Crippen molar-refractivity contribution >= 4 is 29.3 Å². The minimum atomic E-state index is -0.667. The van der Waals surface area contributed by atoms with Crippen molar-refractivity contribution in [1.29, 1.82) is 0 Å². The molecule has 0 radical (unpaired) electrons. The molecule has 1 amide bonds. The van der Waals surface area contributed by atoms with Gasteiger partial charge in [0.1, 0.15) is 0 Å². The molecule has 0 spiro atoms. The maximum Gasteiger partial charge on any atom is 0.316 e. The predicted molar refractivity (Wildman–Crippen MR) is 95.1 cm³/mol. The van der Waals surface area contributed by atoms with E-state index in [1.165, 1.54) is 4.57 Å². The van der Waals surface area contributed by atoms with Gasteiger partial charge in [-0.05, 0) is 32.0 Å². The quantitative estimate of drug-likeness (QED) is 0.773. The fourth-order valence-corrected chi connectivity index (χ4v) is 3.03. The third-order valence-electron chi connectivity index (χ3n) is 4.30. The molecule has 2 heterocycles. The summed E-state index contributed by atoms with van der Waals surface area (Å²) in [7, 11) is 0. The van der Waals surface area contributed by atoms with Gasteiger partial charge in [0, 0.05) is 37.8 Å². The number of carbonyl (C=O) groups is 1.